The van der Waals surface area contributed by atoms with Crippen LogP contribution in [0, 0.1) is 0 Å². The van der Waals surface area contributed by atoms with Crippen molar-refractivity contribution in [2.75, 3.05) is 17.2 Å². The largest absolute Gasteiger partial charge is 0.438 e. The quantitative estimate of drug-likeness (QED) is 0.122. The SMILES string of the molecule is CCCC[n+]1c(/C=C2\Oc3ccc(-n4ccc5ccccc54)cc3N2CCCS(=O)(=O)O)sc2ccc(-c3ccccc3)cc21. The van der Waals surface area contributed by atoms with Gasteiger partial charge in [-0.05, 0) is 59.3 Å². The number of ether oxygens (including phenoxy) is 1. The third kappa shape index (κ3) is 5.99. The Morgan fingerprint density at radius 1 is 0.911 bits per heavy atom. The van der Waals surface area contributed by atoms with Crippen molar-refractivity contribution in [1.29, 1.82) is 0 Å². The molecule has 2 aromatic heterocycles. The van der Waals surface area contributed by atoms with Crippen LogP contribution in [0.1, 0.15) is 31.2 Å². The van der Waals surface area contributed by atoms with E-state index in [-0.39, 0.29) is 12.2 Å². The summed E-state index contributed by atoms with van der Waals surface area (Å²) in [5.41, 5.74) is 6.47. The first-order valence-electron chi connectivity index (χ1n) is 15.2. The highest BCUT2D eigenvalue weighted by molar-refractivity contribution is 7.85. The number of aryl methyl sites for hydroxylation is 1. The third-order valence-corrected chi connectivity index (χ3v) is 10.1. The molecule has 7 rings (SSSR count). The lowest BCUT2D eigenvalue weighted by atomic mass is 10.1. The Morgan fingerprint density at radius 3 is 2.56 bits per heavy atom. The number of hydrogen-bond acceptors (Lipinski definition) is 5. The summed E-state index contributed by atoms with van der Waals surface area (Å²) in [5.74, 6) is 1.02. The van der Waals surface area contributed by atoms with Crippen molar-refractivity contribution in [3.05, 3.63) is 114 Å². The third-order valence-electron chi connectivity index (χ3n) is 8.20. The summed E-state index contributed by atoms with van der Waals surface area (Å²) in [6.45, 7) is 3.43. The van der Waals surface area contributed by atoms with E-state index in [1.165, 1.54) is 21.3 Å². The Morgan fingerprint density at radius 2 is 1.73 bits per heavy atom. The van der Waals surface area contributed by atoms with Crippen LogP contribution in [-0.4, -0.2) is 29.8 Å². The average Bonchev–Trinajstić information content (AvgIpc) is 3.72. The van der Waals surface area contributed by atoms with Gasteiger partial charge in [-0.15, -0.1) is 0 Å². The highest BCUT2D eigenvalue weighted by atomic mass is 32.2. The first-order chi connectivity index (χ1) is 21.9. The van der Waals surface area contributed by atoms with Crippen molar-refractivity contribution in [3.8, 4) is 22.6 Å². The lowest BCUT2D eigenvalue weighted by molar-refractivity contribution is -0.669. The van der Waals surface area contributed by atoms with Gasteiger partial charge in [0.15, 0.2) is 12.3 Å². The van der Waals surface area contributed by atoms with Crippen LogP contribution in [0.15, 0.2) is 109 Å². The standard InChI is InChI=1S/C36H33N3O4S2/c1-2-3-19-39-32-23-28(26-10-5-4-6-11-26)14-17-34(32)44-36(39)25-35-38(20-9-22-45(40,41)42)31-24-29(15-16-33(31)43-35)37-21-18-27-12-7-8-13-30(27)37/h4-8,10-18,21,23-25H,2-3,9,19-20,22H2,1H3/p+1. The maximum atomic E-state index is 11.6. The van der Waals surface area contributed by atoms with Gasteiger partial charge in [0.25, 0.3) is 15.1 Å². The van der Waals surface area contributed by atoms with Crippen molar-refractivity contribution in [2.45, 2.75) is 32.7 Å². The van der Waals surface area contributed by atoms with E-state index in [9.17, 15) is 13.0 Å². The predicted octanol–water partition coefficient (Wildman–Crippen LogP) is 8.08. The molecule has 228 valence electrons. The van der Waals surface area contributed by atoms with E-state index in [0.717, 1.165) is 46.7 Å². The van der Waals surface area contributed by atoms with Crippen LogP contribution in [0.4, 0.5) is 5.69 Å². The Hall–Kier alpha value is -4.44. The number of fused-ring (bicyclic) bond motifs is 3. The van der Waals surface area contributed by atoms with Gasteiger partial charge in [0.1, 0.15) is 4.70 Å². The molecular weight excluding hydrogens is 603 g/mol. The Kier molecular flexibility index (Phi) is 7.91. The van der Waals surface area contributed by atoms with Gasteiger partial charge in [-0.2, -0.15) is 13.0 Å². The molecule has 0 saturated carbocycles. The first kappa shape index (κ1) is 29.3. The van der Waals surface area contributed by atoms with E-state index in [4.69, 9.17) is 4.74 Å². The molecule has 9 heteroatoms. The molecule has 0 saturated heterocycles. The Bertz CT molecular complexity index is 2150. The van der Waals surface area contributed by atoms with E-state index in [2.05, 4.69) is 95.1 Å². The van der Waals surface area contributed by atoms with Crippen molar-refractivity contribution >= 4 is 54.3 Å². The minimum Gasteiger partial charge on any atom is -0.438 e. The second-order valence-electron chi connectivity index (χ2n) is 11.3. The van der Waals surface area contributed by atoms with Gasteiger partial charge in [-0.1, -0.05) is 79.3 Å². The van der Waals surface area contributed by atoms with Crippen molar-refractivity contribution < 1.29 is 22.3 Å². The maximum absolute atomic E-state index is 11.6. The number of nitrogens with zero attached hydrogens (tertiary/aromatic N) is 3. The topological polar surface area (TPSA) is 75.7 Å². The first-order valence-corrected chi connectivity index (χ1v) is 17.6. The van der Waals surface area contributed by atoms with E-state index < -0.39 is 10.1 Å². The summed E-state index contributed by atoms with van der Waals surface area (Å²) in [5, 5.41) is 2.21. The van der Waals surface area contributed by atoms with Crippen LogP contribution in [0.2, 0.25) is 0 Å². The van der Waals surface area contributed by atoms with Gasteiger partial charge < -0.3 is 14.2 Å². The average molecular weight is 637 g/mol. The molecular formula is C36H34N3O4S2+. The Labute approximate surface area is 267 Å². The van der Waals surface area contributed by atoms with E-state index in [1.807, 2.05) is 35.2 Å². The second-order valence-corrected chi connectivity index (χ2v) is 13.9. The molecule has 0 unspecified atom stereocenters. The summed E-state index contributed by atoms with van der Waals surface area (Å²) in [7, 11) is -4.09. The van der Waals surface area contributed by atoms with Crippen molar-refractivity contribution in [2.24, 2.45) is 0 Å². The van der Waals surface area contributed by atoms with Gasteiger partial charge in [-0.25, -0.2) is 0 Å². The zero-order valence-electron chi connectivity index (χ0n) is 25.0. The van der Waals surface area contributed by atoms with Crippen LogP contribution in [0.3, 0.4) is 0 Å². The summed E-state index contributed by atoms with van der Waals surface area (Å²) in [6, 6.07) is 33.5. The van der Waals surface area contributed by atoms with Crippen LogP contribution in [0.25, 0.3) is 44.0 Å². The number of benzene rings is 4. The molecule has 1 N–H and O–H groups in total. The summed E-state index contributed by atoms with van der Waals surface area (Å²) in [6.07, 6.45) is 6.48. The monoisotopic (exact) mass is 636 g/mol. The number of para-hydroxylation sites is 1. The van der Waals surface area contributed by atoms with Crippen LogP contribution in [-0.2, 0) is 16.7 Å². The summed E-state index contributed by atoms with van der Waals surface area (Å²) >= 11 is 1.72. The van der Waals surface area contributed by atoms with Gasteiger partial charge >= 0.3 is 0 Å². The smallest absolute Gasteiger partial charge is 0.268 e. The molecule has 7 nitrogen and oxygen atoms in total. The fraction of sp³-hybridized carbons (Fsp3) is 0.194. The number of thiazole rings is 1. The maximum Gasteiger partial charge on any atom is 0.268 e. The van der Waals surface area contributed by atoms with Crippen molar-refractivity contribution in [3.63, 3.8) is 0 Å². The molecule has 0 spiro atoms. The van der Waals surface area contributed by atoms with Crippen molar-refractivity contribution in [1.82, 2.24) is 4.57 Å². The van der Waals surface area contributed by atoms with Gasteiger partial charge in [0.2, 0.25) is 11.4 Å². The molecule has 0 aliphatic carbocycles. The molecule has 1 aliphatic rings. The minimum absolute atomic E-state index is 0.248. The lowest BCUT2D eigenvalue weighted by Crippen LogP contribution is -2.35. The highest BCUT2D eigenvalue weighted by Crippen LogP contribution is 2.42. The van der Waals surface area contributed by atoms with Crippen LogP contribution < -0.4 is 14.2 Å². The molecule has 4 aromatic carbocycles. The van der Waals surface area contributed by atoms with Gasteiger partial charge in [-0.3, -0.25) is 4.55 Å². The molecule has 0 radical (unpaired) electrons. The molecule has 45 heavy (non-hydrogen) atoms. The van der Waals surface area contributed by atoms with Crippen LogP contribution in [0.5, 0.6) is 5.75 Å². The fourth-order valence-electron chi connectivity index (χ4n) is 5.96. The van der Waals surface area contributed by atoms with Gasteiger partial charge in [0.05, 0.1) is 23.0 Å². The molecule has 0 fully saturated rings. The Balaban J connectivity index is 1.30. The second kappa shape index (κ2) is 12.2. The number of hydrogen-bond donors (Lipinski definition) is 1. The number of rotatable bonds is 10. The summed E-state index contributed by atoms with van der Waals surface area (Å²) in [4.78, 5) is 2.03. The zero-order chi connectivity index (χ0) is 31.0. The van der Waals surface area contributed by atoms with Crippen LogP contribution >= 0.6 is 11.3 Å². The van der Waals surface area contributed by atoms with E-state index in [1.54, 1.807) is 11.3 Å². The lowest BCUT2D eigenvalue weighted by Gasteiger charge is -2.18. The number of anilines is 1. The number of aromatic nitrogens is 2. The fourth-order valence-corrected chi connectivity index (χ4v) is 7.55. The molecule has 0 bridgehead atoms. The van der Waals surface area contributed by atoms with E-state index in [0.29, 0.717) is 18.2 Å². The molecule has 1 aliphatic heterocycles. The molecule has 0 atom stereocenters. The molecule has 6 aromatic rings. The summed E-state index contributed by atoms with van der Waals surface area (Å²) < 4.78 is 44.9. The molecule has 3 heterocycles. The normalized spacial score (nSPS) is 14.0. The predicted molar refractivity (Wildman–Crippen MR) is 183 cm³/mol. The minimum atomic E-state index is -4.09. The number of unbranched alkanes of at least 4 members (excludes halogenated alkanes) is 1. The van der Waals surface area contributed by atoms with E-state index >= 15 is 0 Å². The molecule has 0 amide bonds. The highest BCUT2D eigenvalue weighted by Gasteiger charge is 2.30. The van der Waals surface area contributed by atoms with Gasteiger partial charge in [0, 0.05) is 30.9 Å². The zero-order valence-corrected chi connectivity index (χ0v) is 26.6.